The Balaban J connectivity index is 1.81. The van der Waals surface area contributed by atoms with E-state index in [2.05, 4.69) is 5.32 Å². The third kappa shape index (κ3) is 3.60. The summed E-state index contributed by atoms with van der Waals surface area (Å²) in [6, 6.07) is 5.19. The van der Waals surface area contributed by atoms with Crippen molar-refractivity contribution >= 4 is 0 Å². The van der Waals surface area contributed by atoms with Gasteiger partial charge in [0.05, 0.1) is 33.0 Å². The van der Waals surface area contributed by atoms with Crippen LogP contribution in [0, 0.1) is 0 Å². The molecule has 100 valence electrons. The number of benzene rings is 1. The van der Waals surface area contributed by atoms with Crippen LogP contribution < -0.4 is 10.1 Å². The van der Waals surface area contributed by atoms with E-state index >= 15 is 0 Å². The van der Waals surface area contributed by atoms with Gasteiger partial charge in [0, 0.05) is 18.7 Å². The molecule has 2 rings (SSSR count). The van der Waals surface area contributed by atoms with Crippen molar-refractivity contribution in [1.82, 2.24) is 5.32 Å². The number of hydrogen-bond acceptors (Lipinski definition) is 5. The third-order valence-corrected chi connectivity index (χ3v) is 2.86. The Bertz CT molecular complexity index is 377. The molecule has 1 aromatic rings. The molecule has 0 aliphatic carbocycles. The minimum Gasteiger partial charge on any atom is -0.508 e. The number of hydrogen-bond donors (Lipinski definition) is 2. The lowest BCUT2D eigenvalue weighted by atomic mass is 10.2. The predicted octanol–water partition coefficient (Wildman–Crippen LogP) is 0.906. The molecule has 1 heterocycles. The number of phenolic OH excluding ortho intramolecular Hbond substituents is 1. The van der Waals surface area contributed by atoms with Crippen molar-refractivity contribution in [3.8, 4) is 11.5 Å². The molecule has 0 saturated carbocycles. The standard InChI is InChI=1S/C13H19NO4/c1-16-11-2-3-13(15)10(6-11)7-14-8-12-9-17-4-5-18-12/h2-3,6,12,14-15H,4-5,7-9H2,1H3. The fourth-order valence-electron chi connectivity index (χ4n) is 1.85. The van der Waals surface area contributed by atoms with E-state index in [1.165, 1.54) is 0 Å². The maximum Gasteiger partial charge on any atom is 0.120 e. The lowest BCUT2D eigenvalue weighted by Gasteiger charge is -2.23. The molecule has 0 spiro atoms. The molecule has 0 aromatic heterocycles. The van der Waals surface area contributed by atoms with Crippen LogP contribution in [-0.2, 0) is 16.0 Å². The van der Waals surface area contributed by atoms with Crippen LogP contribution in [0.4, 0.5) is 0 Å². The van der Waals surface area contributed by atoms with Gasteiger partial charge >= 0.3 is 0 Å². The first-order valence-corrected chi connectivity index (χ1v) is 6.05. The molecule has 0 radical (unpaired) electrons. The first-order valence-electron chi connectivity index (χ1n) is 6.05. The van der Waals surface area contributed by atoms with E-state index in [1.807, 2.05) is 6.07 Å². The maximum atomic E-state index is 9.72. The van der Waals surface area contributed by atoms with Gasteiger partial charge in [0.1, 0.15) is 11.5 Å². The van der Waals surface area contributed by atoms with Gasteiger partial charge in [-0.3, -0.25) is 0 Å². The van der Waals surface area contributed by atoms with Crippen LogP contribution in [-0.4, -0.2) is 44.7 Å². The van der Waals surface area contributed by atoms with E-state index in [1.54, 1.807) is 19.2 Å². The summed E-state index contributed by atoms with van der Waals surface area (Å²) >= 11 is 0. The van der Waals surface area contributed by atoms with E-state index in [0.29, 0.717) is 32.9 Å². The molecule has 1 aliphatic heterocycles. The van der Waals surface area contributed by atoms with E-state index in [-0.39, 0.29) is 11.9 Å². The molecular formula is C13H19NO4. The van der Waals surface area contributed by atoms with E-state index in [0.717, 1.165) is 11.3 Å². The summed E-state index contributed by atoms with van der Waals surface area (Å²) in [4.78, 5) is 0. The summed E-state index contributed by atoms with van der Waals surface area (Å²) in [7, 11) is 1.61. The van der Waals surface area contributed by atoms with Crippen molar-refractivity contribution in [2.24, 2.45) is 0 Å². The Kier molecular flexibility index (Phi) is 4.81. The summed E-state index contributed by atoms with van der Waals surface area (Å²) in [5.41, 5.74) is 0.811. The Labute approximate surface area is 107 Å². The van der Waals surface area contributed by atoms with Gasteiger partial charge in [0.2, 0.25) is 0 Å². The summed E-state index contributed by atoms with van der Waals surface area (Å²) in [6.45, 7) is 3.22. The molecule has 1 atom stereocenters. The van der Waals surface area contributed by atoms with Crippen LogP contribution in [0.1, 0.15) is 5.56 Å². The zero-order valence-electron chi connectivity index (χ0n) is 10.5. The molecular weight excluding hydrogens is 234 g/mol. The van der Waals surface area contributed by atoms with Crippen molar-refractivity contribution in [3.63, 3.8) is 0 Å². The van der Waals surface area contributed by atoms with E-state index < -0.39 is 0 Å². The van der Waals surface area contributed by atoms with Gasteiger partial charge in [-0.25, -0.2) is 0 Å². The van der Waals surface area contributed by atoms with Gasteiger partial charge < -0.3 is 24.6 Å². The Morgan fingerprint density at radius 3 is 3.06 bits per heavy atom. The van der Waals surface area contributed by atoms with Gasteiger partial charge in [-0.15, -0.1) is 0 Å². The van der Waals surface area contributed by atoms with E-state index in [4.69, 9.17) is 14.2 Å². The SMILES string of the molecule is COc1ccc(O)c(CNCC2COCCO2)c1. The number of methoxy groups -OCH3 is 1. The first-order chi connectivity index (χ1) is 8.79. The van der Waals surface area contributed by atoms with Crippen molar-refractivity contribution in [1.29, 1.82) is 0 Å². The number of nitrogens with one attached hydrogen (secondary N) is 1. The zero-order chi connectivity index (χ0) is 12.8. The molecule has 5 heteroatoms. The number of ether oxygens (including phenoxy) is 3. The quantitative estimate of drug-likeness (QED) is 0.816. The molecule has 1 aliphatic rings. The molecule has 2 N–H and O–H groups in total. The highest BCUT2D eigenvalue weighted by molar-refractivity contribution is 5.39. The van der Waals surface area contributed by atoms with Crippen LogP contribution >= 0.6 is 0 Å². The van der Waals surface area contributed by atoms with Crippen LogP contribution in [0.25, 0.3) is 0 Å². The fourth-order valence-corrected chi connectivity index (χ4v) is 1.85. The first kappa shape index (κ1) is 13.1. The van der Waals surface area contributed by atoms with Gasteiger partial charge in [-0.2, -0.15) is 0 Å². The second-order valence-electron chi connectivity index (χ2n) is 4.19. The van der Waals surface area contributed by atoms with Crippen LogP contribution in [0.5, 0.6) is 11.5 Å². The molecule has 1 saturated heterocycles. The van der Waals surface area contributed by atoms with Crippen LogP contribution in [0.3, 0.4) is 0 Å². The summed E-state index contributed by atoms with van der Waals surface area (Å²) < 4.78 is 15.9. The maximum absolute atomic E-state index is 9.72. The van der Waals surface area contributed by atoms with E-state index in [9.17, 15) is 5.11 Å². The minimum atomic E-state index is 0.0894. The molecule has 1 aromatic carbocycles. The normalized spacial score (nSPS) is 19.7. The lowest BCUT2D eigenvalue weighted by Crippen LogP contribution is -2.37. The molecule has 5 nitrogen and oxygen atoms in total. The van der Waals surface area contributed by atoms with Crippen LogP contribution in [0.15, 0.2) is 18.2 Å². The van der Waals surface area contributed by atoms with Gasteiger partial charge in [-0.05, 0) is 18.2 Å². The highest BCUT2D eigenvalue weighted by Crippen LogP contribution is 2.22. The second kappa shape index (κ2) is 6.58. The number of rotatable bonds is 5. The summed E-state index contributed by atoms with van der Waals surface area (Å²) in [5.74, 6) is 1.01. The monoisotopic (exact) mass is 253 g/mol. The summed E-state index contributed by atoms with van der Waals surface area (Å²) in [6.07, 6.45) is 0.0894. The topological polar surface area (TPSA) is 60.0 Å². The fraction of sp³-hybridized carbons (Fsp3) is 0.538. The highest BCUT2D eigenvalue weighted by atomic mass is 16.6. The molecule has 1 fully saturated rings. The van der Waals surface area contributed by atoms with Crippen molar-refractivity contribution in [2.75, 3.05) is 33.5 Å². The van der Waals surface area contributed by atoms with Crippen molar-refractivity contribution in [2.45, 2.75) is 12.6 Å². The molecule has 0 bridgehead atoms. The Morgan fingerprint density at radius 2 is 2.33 bits per heavy atom. The largest absolute Gasteiger partial charge is 0.508 e. The number of aromatic hydroxyl groups is 1. The highest BCUT2D eigenvalue weighted by Gasteiger charge is 2.13. The van der Waals surface area contributed by atoms with Gasteiger partial charge in [-0.1, -0.05) is 0 Å². The van der Waals surface area contributed by atoms with Gasteiger partial charge in [0.15, 0.2) is 0 Å². The molecule has 0 amide bonds. The second-order valence-corrected chi connectivity index (χ2v) is 4.19. The van der Waals surface area contributed by atoms with Gasteiger partial charge in [0.25, 0.3) is 0 Å². The lowest BCUT2D eigenvalue weighted by molar-refractivity contribution is -0.0864. The van der Waals surface area contributed by atoms with Crippen LogP contribution in [0.2, 0.25) is 0 Å². The average Bonchev–Trinajstić information content (AvgIpc) is 2.42. The molecule has 1 unspecified atom stereocenters. The van der Waals surface area contributed by atoms with Crippen molar-refractivity contribution in [3.05, 3.63) is 23.8 Å². The number of phenols is 1. The Hall–Kier alpha value is -1.30. The predicted molar refractivity (Wildman–Crippen MR) is 66.9 cm³/mol. The summed E-state index contributed by atoms with van der Waals surface area (Å²) in [5, 5.41) is 13.0. The van der Waals surface area contributed by atoms with Crippen molar-refractivity contribution < 1.29 is 19.3 Å². The smallest absolute Gasteiger partial charge is 0.120 e. The minimum absolute atomic E-state index is 0.0894. The molecule has 18 heavy (non-hydrogen) atoms. The third-order valence-electron chi connectivity index (χ3n) is 2.86. The Morgan fingerprint density at radius 1 is 1.44 bits per heavy atom. The zero-order valence-corrected chi connectivity index (χ0v) is 10.5. The average molecular weight is 253 g/mol.